The second-order valence-corrected chi connectivity index (χ2v) is 8.22. The molecule has 34 heavy (non-hydrogen) atoms. The average molecular weight is 462 g/mol. The molecule has 0 atom stereocenters. The molecule has 0 radical (unpaired) electrons. The van der Waals surface area contributed by atoms with Crippen LogP contribution in [-0.2, 0) is 11.3 Å². The maximum atomic E-state index is 13.8. The molecule has 1 aliphatic heterocycles. The first-order chi connectivity index (χ1) is 16.5. The lowest BCUT2D eigenvalue weighted by molar-refractivity contribution is -0.117. The monoisotopic (exact) mass is 461 g/mol. The second-order valence-electron chi connectivity index (χ2n) is 8.22. The number of carbonyl (C=O) groups is 1. The zero-order chi connectivity index (χ0) is 23.7. The summed E-state index contributed by atoms with van der Waals surface area (Å²) in [6, 6.07) is 14.3. The van der Waals surface area contributed by atoms with Crippen LogP contribution in [0.2, 0.25) is 0 Å². The van der Waals surface area contributed by atoms with Crippen molar-refractivity contribution >= 4 is 28.7 Å². The van der Waals surface area contributed by atoms with E-state index in [1.54, 1.807) is 12.3 Å². The lowest BCUT2D eigenvalue weighted by Gasteiger charge is -2.36. The van der Waals surface area contributed by atoms with Gasteiger partial charge in [-0.05, 0) is 31.2 Å². The highest BCUT2D eigenvalue weighted by atomic mass is 19.1. The van der Waals surface area contributed by atoms with Crippen LogP contribution in [0.1, 0.15) is 5.56 Å². The van der Waals surface area contributed by atoms with Gasteiger partial charge in [0.05, 0.1) is 5.69 Å². The third-order valence-corrected chi connectivity index (χ3v) is 5.90. The molecule has 4 aromatic rings. The molecule has 1 fully saturated rings. The van der Waals surface area contributed by atoms with Crippen LogP contribution in [0.25, 0.3) is 5.65 Å². The number of para-hydroxylation sites is 1. The van der Waals surface area contributed by atoms with Crippen molar-refractivity contribution < 1.29 is 9.18 Å². The van der Waals surface area contributed by atoms with Crippen LogP contribution in [0.15, 0.2) is 65.7 Å². The molecule has 3 heterocycles. The van der Waals surface area contributed by atoms with Gasteiger partial charge in [0.1, 0.15) is 12.4 Å². The summed E-state index contributed by atoms with van der Waals surface area (Å²) in [6.07, 6.45) is 3.09. The van der Waals surface area contributed by atoms with Crippen LogP contribution in [0, 0.1) is 12.7 Å². The summed E-state index contributed by atoms with van der Waals surface area (Å²) < 4.78 is 16.3. The molecule has 2 aromatic carbocycles. The van der Waals surface area contributed by atoms with Gasteiger partial charge in [0.15, 0.2) is 5.82 Å². The van der Waals surface area contributed by atoms with Crippen molar-refractivity contribution in [3.05, 3.63) is 82.8 Å². The van der Waals surface area contributed by atoms with Crippen molar-refractivity contribution in [3.8, 4) is 0 Å². The lowest BCUT2D eigenvalue weighted by atomic mass is 10.2. The number of anilines is 3. The molecule has 0 spiro atoms. The number of amides is 1. The maximum Gasteiger partial charge on any atom is 0.350 e. The molecule has 2 aromatic heterocycles. The van der Waals surface area contributed by atoms with Gasteiger partial charge < -0.3 is 15.1 Å². The summed E-state index contributed by atoms with van der Waals surface area (Å²) in [6.45, 7) is 4.78. The molecule has 0 bridgehead atoms. The van der Waals surface area contributed by atoms with Crippen LogP contribution in [0.5, 0.6) is 0 Å². The number of halogens is 1. The van der Waals surface area contributed by atoms with Gasteiger partial charge in [0, 0.05) is 44.3 Å². The molecule has 0 aliphatic carbocycles. The SMILES string of the molecule is Cc1ccc(N2CCN(c3nccn4c(=O)n(CC(=O)Nc5ccccc5F)nc34)CC2)cc1. The van der Waals surface area contributed by atoms with Crippen molar-refractivity contribution in [2.75, 3.05) is 41.3 Å². The molecule has 0 saturated carbocycles. The van der Waals surface area contributed by atoms with E-state index in [0.717, 1.165) is 30.9 Å². The predicted molar refractivity (Wildman–Crippen MR) is 128 cm³/mol. The molecule has 0 unspecified atom stereocenters. The summed E-state index contributed by atoms with van der Waals surface area (Å²) >= 11 is 0. The second kappa shape index (κ2) is 8.97. The Morgan fingerprint density at radius 1 is 1.03 bits per heavy atom. The number of aromatic nitrogens is 4. The number of nitrogens with zero attached hydrogens (tertiary/aromatic N) is 6. The summed E-state index contributed by atoms with van der Waals surface area (Å²) in [5, 5.41) is 6.85. The molecule has 10 heteroatoms. The van der Waals surface area contributed by atoms with E-state index in [9.17, 15) is 14.0 Å². The van der Waals surface area contributed by atoms with Gasteiger partial charge >= 0.3 is 5.69 Å². The standard InChI is InChI=1S/C24H24FN7O2/c1-17-6-8-18(9-7-17)29-12-14-30(15-13-29)22-23-28-32(24(34)31(23)11-10-26-22)16-21(33)27-20-5-3-2-4-19(20)25/h2-11H,12-16H2,1H3,(H,27,33). The van der Waals surface area contributed by atoms with E-state index in [-0.39, 0.29) is 12.2 Å². The first-order valence-electron chi connectivity index (χ1n) is 11.0. The number of aryl methyl sites for hydroxylation is 1. The van der Waals surface area contributed by atoms with E-state index in [1.165, 1.54) is 40.0 Å². The fraction of sp³-hybridized carbons (Fsp3) is 0.250. The normalized spacial score (nSPS) is 13.9. The summed E-state index contributed by atoms with van der Waals surface area (Å²) in [7, 11) is 0. The number of hydrogen-bond donors (Lipinski definition) is 1. The molecule has 1 saturated heterocycles. The fourth-order valence-electron chi connectivity index (χ4n) is 4.08. The number of carbonyl (C=O) groups excluding carboxylic acids is 1. The van der Waals surface area contributed by atoms with Crippen molar-refractivity contribution in [2.45, 2.75) is 13.5 Å². The Morgan fingerprint density at radius 3 is 2.47 bits per heavy atom. The van der Waals surface area contributed by atoms with Gasteiger partial charge in [-0.25, -0.2) is 23.3 Å². The van der Waals surface area contributed by atoms with Gasteiger partial charge in [0.2, 0.25) is 11.6 Å². The van der Waals surface area contributed by atoms with Gasteiger partial charge in [-0.2, -0.15) is 0 Å². The maximum absolute atomic E-state index is 13.8. The number of benzene rings is 2. The topological polar surface area (TPSA) is 87.8 Å². The van der Waals surface area contributed by atoms with E-state index in [2.05, 4.69) is 56.4 Å². The van der Waals surface area contributed by atoms with Crippen molar-refractivity contribution in [1.82, 2.24) is 19.2 Å². The zero-order valence-corrected chi connectivity index (χ0v) is 18.7. The minimum absolute atomic E-state index is 0.0538. The van der Waals surface area contributed by atoms with Crippen LogP contribution < -0.4 is 20.8 Å². The average Bonchev–Trinajstić information content (AvgIpc) is 3.16. The predicted octanol–water partition coefficient (Wildman–Crippen LogP) is 2.30. The Bertz CT molecular complexity index is 1390. The molecular formula is C24H24FN7O2. The number of rotatable bonds is 5. The molecule has 1 amide bonds. The minimum atomic E-state index is -0.547. The highest BCUT2D eigenvalue weighted by Crippen LogP contribution is 2.21. The van der Waals surface area contributed by atoms with Crippen LogP contribution in [0.4, 0.5) is 21.6 Å². The summed E-state index contributed by atoms with van der Waals surface area (Å²) in [4.78, 5) is 34.1. The van der Waals surface area contributed by atoms with Crippen molar-refractivity contribution in [3.63, 3.8) is 0 Å². The molecule has 5 rings (SSSR count). The van der Waals surface area contributed by atoms with E-state index in [0.29, 0.717) is 11.5 Å². The third kappa shape index (κ3) is 4.21. The first-order valence-corrected chi connectivity index (χ1v) is 11.0. The van der Waals surface area contributed by atoms with Crippen LogP contribution >= 0.6 is 0 Å². The van der Waals surface area contributed by atoms with E-state index in [4.69, 9.17) is 0 Å². The zero-order valence-electron chi connectivity index (χ0n) is 18.7. The van der Waals surface area contributed by atoms with Crippen molar-refractivity contribution in [2.24, 2.45) is 0 Å². The first kappa shape index (κ1) is 21.6. The van der Waals surface area contributed by atoms with E-state index in [1.807, 2.05) is 0 Å². The van der Waals surface area contributed by atoms with Gasteiger partial charge in [0.25, 0.3) is 0 Å². The summed E-state index contributed by atoms with van der Waals surface area (Å²) in [5.74, 6) is -0.497. The van der Waals surface area contributed by atoms with Crippen molar-refractivity contribution in [1.29, 1.82) is 0 Å². The number of piperazine rings is 1. The Kier molecular flexibility index (Phi) is 5.70. The fourth-order valence-corrected chi connectivity index (χ4v) is 4.08. The Morgan fingerprint density at radius 2 is 1.74 bits per heavy atom. The molecule has 9 nitrogen and oxygen atoms in total. The van der Waals surface area contributed by atoms with E-state index >= 15 is 0 Å². The molecule has 1 aliphatic rings. The quantitative estimate of drug-likeness (QED) is 0.491. The third-order valence-electron chi connectivity index (χ3n) is 5.90. The van der Waals surface area contributed by atoms with Gasteiger partial charge in [-0.3, -0.25) is 4.79 Å². The Balaban J connectivity index is 1.33. The minimum Gasteiger partial charge on any atom is -0.368 e. The highest BCUT2D eigenvalue weighted by Gasteiger charge is 2.23. The smallest absolute Gasteiger partial charge is 0.350 e. The Labute approximate surface area is 195 Å². The lowest BCUT2D eigenvalue weighted by Crippen LogP contribution is -2.47. The number of hydrogen-bond acceptors (Lipinski definition) is 6. The van der Waals surface area contributed by atoms with Crippen LogP contribution in [-0.4, -0.2) is 51.3 Å². The van der Waals surface area contributed by atoms with Crippen LogP contribution in [0.3, 0.4) is 0 Å². The van der Waals surface area contributed by atoms with E-state index < -0.39 is 17.4 Å². The number of fused-ring (bicyclic) bond motifs is 1. The highest BCUT2D eigenvalue weighted by molar-refractivity contribution is 5.90. The largest absolute Gasteiger partial charge is 0.368 e. The van der Waals surface area contributed by atoms with Gasteiger partial charge in [-0.15, -0.1) is 5.10 Å². The Hall–Kier alpha value is -4.21. The number of nitrogens with one attached hydrogen (secondary N) is 1. The molecule has 1 N–H and O–H groups in total. The summed E-state index contributed by atoms with van der Waals surface area (Å²) in [5.41, 5.74) is 2.38. The molecular weight excluding hydrogens is 437 g/mol. The van der Waals surface area contributed by atoms with Gasteiger partial charge in [-0.1, -0.05) is 29.8 Å². The molecule has 174 valence electrons.